The smallest absolute Gasteiger partial charge is 0.194 e. The summed E-state index contributed by atoms with van der Waals surface area (Å²) in [5.41, 5.74) is 0. The van der Waals surface area contributed by atoms with Gasteiger partial charge in [-0.05, 0) is 18.4 Å². The topological polar surface area (TPSA) is 9.23 Å². The molecule has 1 aliphatic heterocycles. The van der Waals surface area contributed by atoms with Gasteiger partial charge in [0.2, 0.25) is 0 Å². The molecule has 66 valence electrons. The van der Waals surface area contributed by atoms with Crippen LogP contribution in [0.5, 0.6) is 0 Å². The Kier molecular flexibility index (Phi) is 3.89. The van der Waals surface area contributed by atoms with Gasteiger partial charge in [-0.3, -0.25) is 0 Å². The Morgan fingerprint density at radius 1 is 1.36 bits per heavy atom. The number of halogens is 1. The molecule has 1 nitrogen and oxygen atoms in total. The minimum atomic E-state index is -1.01. The highest BCUT2D eigenvalue weighted by Gasteiger charge is 2.26. The third-order valence-electron chi connectivity index (χ3n) is 2.21. The van der Waals surface area contributed by atoms with Gasteiger partial charge in [0.15, 0.2) is 9.04 Å². The van der Waals surface area contributed by atoms with Crippen molar-refractivity contribution in [1.82, 2.24) is 0 Å². The SMILES string of the molecule is CC(C)C(Cl)[SiH]1CCCCO1. The Labute approximate surface area is 75.8 Å². The predicted molar refractivity (Wildman–Crippen MR) is 51.6 cm³/mol. The van der Waals surface area contributed by atoms with E-state index in [1.165, 1.54) is 18.9 Å². The van der Waals surface area contributed by atoms with Gasteiger partial charge in [-0.1, -0.05) is 20.3 Å². The first-order chi connectivity index (χ1) is 5.22. The molecule has 0 amide bonds. The van der Waals surface area contributed by atoms with Crippen LogP contribution in [0.25, 0.3) is 0 Å². The summed E-state index contributed by atoms with van der Waals surface area (Å²) in [7, 11) is -1.01. The van der Waals surface area contributed by atoms with Crippen LogP contribution in [0.4, 0.5) is 0 Å². The summed E-state index contributed by atoms with van der Waals surface area (Å²) >= 11 is 6.23. The maximum Gasteiger partial charge on any atom is 0.194 e. The second-order valence-electron chi connectivity index (χ2n) is 3.59. The molecular formula is C8H17ClOSi. The molecule has 1 heterocycles. The average molecular weight is 193 g/mol. The molecule has 0 aromatic carbocycles. The van der Waals surface area contributed by atoms with Gasteiger partial charge < -0.3 is 4.43 Å². The second-order valence-corrected chi connectivity index (χ2v) is 7.23. The molecule has 0 radical (unpaired) electrons. The monoisotopic (exact) mass is 192 g/mol. The fourth-order valence-corrected chi connectivity index (χ4v) is 4.73. The average Bonchev–Trinajstić information content (AvgIpc) is 2.05. The fourth-order valence-electron chi connectivity index (χ4n) is 1.45. The van der Waals surface area contributed by atoms with E-state index in [9.17, 15) is 0 Å². The molecule has 3 heteroatoms. The number of rotatable bonds is 2. The van der Waals surface area contributed by atoms with Crippen molar-refractivity contribution in [3.63, 3.8) is 0 Å². The van der Waals surface area contributed by atoms with Crippen molar-refractivity contribution in [1.29, 1.82) is 0 Å². The highest BCUT2D eigenvalue weighted by atomic mass is 35.5. The standard InChI is InChI=1S/C8H17ClOSi/c1-7(2)8(9)11-6-4-3-5-10-11/h7-8,11H,3-6H2,1-2H3. The summed E-state index contributed by atoms with van der Waals surface area (Å²) in [6, 6.07) is 1.28. The third kappa shape index (κ3) is 2.77. The van der Waals surface area contributed by atoms with Crippen LogP contribution in [0.2, 0.25) is 6.04 Å². The molecule has 2 atom stereocenters. The zero-order chi connectivity index (χ0) is 8.27. The van der Waals surface area contributed by atoms with Crippen molar-refractivity contribution < 1.29 is 4.43 Å². The van der Waals surface area contributed by atoms with Crippen LogP contribution in [0.15, 0.2) is 0 Å². The summed E-state index contributed by atoms with van der Waals surface area (Å²) in [6.07, 6.45) is 2.58. The molecule has 1 aliphatic rings. The molecule has 0 aromatic heterocycles. The lowest BCUT2D eigenvalue weighted by Crippen LogP contribution is -2.36. The zero-order valence-corrected chi connectivity index (χ0v) is 9.26. The zero-order valence-electron chi connectivity index (χ0n) is 7.35. The van der Waals surface area contributed by atoms with E-state index in [2.05, 4.69) is 13.8 Å². The Bertz CT molecular complexity index is 113. The Hall–Kier alpha value is 0.467. The van der Waals surface area contributed by atoms with E-state index in [0.717, 1.165) is 6.61 Å². The van der Waals surface area contributed by atoms with Gasteiger partial charge >= 0.3 is 0 Å². The molecule has 0 saturated carbocycles. The van der Waals surface area contributed by atoms with E-state index in [1.807, 2.05) is 0 Å². The largest absolute Gasteiger partial charge is 0.419 e. The number of alkyl halides is 1. The Morgan fingerprint density at radius 3 is 2.55 bits per heavy atom. The van der Waals surface area contributed by atoms with Crippen LogP contribution in [-0.4, -0.2) is 20.6 Å². The van der Waals surface area contributed by atoms with Crippen molar-refractivity contribution in [3.05, 3.63) is 0 Å². The molecule has 2 unspecified atom stereocenters. The van der Waals surface area contributed by atoms with Crippen molar-refractivity contribution >= 4 is 20.6 Å². The van der Waals surface area contributed by atoms with Crippen LogP contribution in [0, 0.1) is 5.92 Å². The Morgan fingerprint density at radius 2 is 2.09 bits per heavy atom. The lowest BCUT2D eigenvalue weighted by Gasteiger charge is -2.27. The van der Waals surface area contributed by atoms with E-state index in [0.29, 0.717) is 10.9 Å². The molecular weight excluding hydrogens is 176 g/mol. The summed E-state index contributed by atoms with van der Waals surface area (Å²) in [5.74, 6) is 0.589. The predicted octanol–water partition coefficient (Wildman–Crippen LogP) is 2.32. The van der Waals surface area contributed by atoms with Crippen molar-refractivity contribution in [2.75, 3.05) is 6.61 Å². The number of hydrogen-bond acceptors (Lipinski definition) is 1. The minimum Gasteiger partial charge on any atom is -0.419 e. The maximum absolute atomic E-state index is 6.23. The summed E-state index contributed by atoms with van der Waals surface area (Å²) < 4.78 is 5.71. The highest BCUT2D eigenvalue weighted by molar-refractivity contribution is 6.64. The van der Waals surface area contributed by atoms with E-state index in [4.69, 9.17) is 16.0 Å². The van der Waals surface area contributed by atoms with Crippen LogP contribution in [0.3, 0.4) is 0 Å². The van der Waals surface area contributed by atoms with Crippen molar-refractivity contribution in [2.24, 2.45) is 5.92 Å². The van der Waals surface area contributed by atoms with Crippen LogP contribution >= 0.6 is 11.6 Å². The lowest BCUT2D eigenvalue weighted by molar-refractivity contribution is 0.281. The van der Waals surface area contributed by atoms with E-state index >= 15 is 0 Å². The Balaban J connectivity index is 2.32. The van der Waals surface area contributed by atoms with E-state index < -0.39 is 9.04 Å². The van der Waals surface area contributed by atoms with Crippen molar-refractivity contribution in [2.45, 2.75) is 37.7 Å². The van der Waals surface area contributed by atoms with Gasteiger partial charge in [0.1, 0.15) is 0 Å². The normalized spacial score (nSPS) is 28.9. The minimum absolute atomic E-state index is 0.343. The molecule has 0 aliphatic carbocycles. The van der Waals surface area contributed by atoms with Gasteiger partial charge in [-0.15, -0.1) is 11.6 Å². The molecule has 11 heavy (non-hydrogen) atoms. The first kappa shape index (κ1) is 9.55. The molecule has 0 bridgehead atoms. The molecule has 1 saturated heterocycles. The van der Waals surface area contributed by atoms with E-state index in [-0.39, 0.29) is 0 Å². The first-order valence-corrected chi connectivity index (χ1v) is 6.86. The van der Waals surface area contributed by atoms with Gasteiger partial charge in [0.05, 0.1) is 5.00 Å². The van der Waals surface area contributed by atoms with Crippen molar-refractivity contribution in [3.8, 4) is 0 Å². The quantitative estimate of drug-likeness (QED) is 0.482. The molecule has 0 spiro atoms. The fraction of sp³-hybridized carbons (Fsp3) is 1.00. The second kappa shape index (κ2) is 4.48. The lowest BCUT2D eigenvalue weighted by atomic mass is 10.3. The van der Waals surface area contributed by atoms with Crippen LogP contribution in [-0.2, 0) is 4.43 Å². The van der Waals surface area contributed by atoms with E-state index in [1.54, 1.807) is 0 Å². The molecule has 0 aromatic rings. The number of hydrogen-bond donors (Lipinski definition) is 0. The van der Waals surface area contributed by atoms with Gasteiger partial charge in [-0.2, -0.15) is 0 Å². The van der Waals surface area contributed by atoms with Crippen LogP contribution < -0.4 is 0 Å². The summed E-state index contributed by atoms with van der Waals surface area (Å²) in [5, 5.41) is 0.343. The summed E-state index contributed by atoms with van der Waals surface area (Å²) in [4.78, 5) is 0. The maximum atomic E-state index is 6.23. The first-order valence-electron chi connectivity index (χ1n) is 4.47. The third-order valence-corrected chi connectivity index (χ3v) is 6.68. The van der Waals surface area contributed by atoms with Gasteiger partial charge in [0, 0.05) is 6.61 Å². The molecule has 0 N–H and O–H groups in total. The highest BCUT2D eigenvalue weighted by Crippen LogP contribution is 2.21. The molecule has 1 rings (SSSR count). The summed E-state index contributed by atoms with van der Waals surface area (Å²) in [6.45, 7) is 5.33. The van der Waals surface area contributed by atoms with Gasteiger partial charge in [0.25, 0.3) is 0 Å². The van der Waals surface area contributed by atoms with Gasteiger partial charge in [-0.25, -0.2) is 0 Å². The molecule has 1 fully saturated rings. The van der Waals surface area contributed by atoms with Crippen LogP contribution in [0.1, 0.15) is 26.7 Å².